The molecule has 0 aliphatic rings. The summed E-state index contributed by atoms with van der Waals surface area (Å²) < 4.78 is 11.3. The molecule has 0 radical (unpaired) electrons. The van der Waals surface area contributed by atoms with Crippen LogP contribution in [0.1, 0.15) is 5.56 Å². The molecule has 0 aliphatic heterocycles. The second kappa shape index (κ2) is 5.72. The van der Waals surface area contributed by atoms with Crippen LogP contribution in [0.25, 0.3) is 0 Å². The van der Waals surface area contributed by atoms with Crippen molar-refractivity contribution in [1.29, 1.82) is 0 Å². The molecule has 0 fully saturated rings. The van der Waals surface area contributed by atoms with Crippen LogP contribution in [-0.2, 0) is 4.84 Å². The molecule has 1 aromatic rings. The van der Waals surface area contributed by atoms with Crippen molar-refractivity contribution in [3.63, 3.8) is 0 Å². The van der Waals surface area contributed by atoms with Crippen molar-refractivity contribution in [2.24, 2.45) is 5.16 Å². The first kappa shape index (κ1) is 13.6. The summed E-state index contributed by atoms with van der Waals surface area (Å²) in [5, 5.41) is 3.74. The SMILES string of the molecule is CO/N=C\c1cccc(O[Si](C)(C)C)c1OC. The van der Waals surface area contributed by atoms with E-state index in [9.17, 15) is 0 Å². The quantitative estimate of drug-likeness (QED) is 0.460. The van der Waals surface area contributed by atoms with E-state index in [1.807, 2.05) is 18.2 Å². The minimum atomic E-state index is -1.66. The maximum atomic E-state index is 5.96. The zero-order chi connectivity index (χ0) is 12.9. The Labute approximate surface area is 103 Å². The fourth-order valence-corrected chi connectivity index (χ4v) is 2.19. The Bertz CT molecular complexity index is 399. The summed E-state index contributed by atoms with van der Waals surface area (Å²) in [5.74, 6) is 1.45. The number of nitrogens with zero attached hydrogens (tertiary/aromatic N) is 1. The Hall–Kier alpha value is -1.49. The molecule has 94 valence electrons. The number of oxime groups is 1. The number of rotatable bonds is 5. The van der Waals surface area contributed by atoms with Crippen LogP contribution < -0.4 is 9.16 Å². The van der Waals surface area contributed by atoms with E-state index in [1.165, 1.54) is 7.11 Å². The third kappa shape index (κ3) is 4.11. The molecular weight excluding hydrogens is 234 g/mol. The lowest BCUT2D eigenvalue weighted by atomic mass is 10.2. The average molecular weight is 253 g/mol. The highest BCUT2D eigenvalue weighted by molar-refractivity contribution is 6.70. The van der Waals surface area contributed by atoms with Gasteiger partial charge in [0.15, 0.2) is 5.75 Å². The summed E-state index contributed by atoms with van der Waals surface area (Å²) in [7, 11) is 1.47. The van der Waals surface area contributed by atoms with Gasteiger partial charge in [-0.15, -0.1) is 0 Å². The van der Waals surface area contributed by atoms with Crippen LogP contribution in [0.4, 0.5) is 0 Å². The molecule has 0 bridgehead atoms. The fraction of sp³-hybridized carbons (Fsp3) is 0.417. The third-order valence-electron chi connectivity index (χ3n) is 1.93. The lowest BCUT2D eigenvalue weighted by Crippen LogP contribution is -2.29. The number of para-hydroxylation sites is 1. The summed E-state index contributed by atoms with van der Waals surface area (Å²) >= 11 is 0. The molecule has 0 spiro atoms. The smallest absolute Gasteiger partial charge is 0.242 e. The Balaban J connectivity index is 3.09. The van der Waals surface area contributed by atoms with Gasteiger partial charge in [-0.2, -0.15) is 0 Å². The van der Waals surface area contributed by atoms with Crippen LogP contribution >= 0.6 is 0 Å². The molecule has 0 saturated heterocycles. The molecule has 0 N–H and O–H groups in total. The number of hydrogen-bond donors (Lipinski definition) is 0. The van der Waals surface area contributed by atoms with E-state index in [4.69, 9.17) is 9.16 Å². The predicted molar refractivity (Wildman–Crippen MR) is 71.6 cm³/mol. The number of methoxy groups -OCH3 is 1. The van der Waals surface area contributed by atoms with Gasteiger partial charge in [-0.1, -0.05) is 11.2 Å². The molecular formula is C12H19NO3Si. The minimum absolute atomic E-state index is 0.690. The van der Waals surface area contributed by atoms with Gasteiger partial charge in [0, 0.05) is 5.56 Å². The van der Waals surface area contributed by atoms with Crippen LogP contribution in [0.2, 0.25) is 19.6 Å². The van der Waals surface area contributed by atoms with Gasteiger partial charge in [0.05, 0.1) is 13.3 Å². The summed E-state index contributed by atoms with van der Waals surface area (Å²) in [4.78, 5) is 4.67. The van der Waals surface area contributed by atoms with Crippen molar-refractivity contribution in [2.75, 3.05) is 14.2 Å². The predicted octanol–water partition coefficient (Wildman–Crippen LogP) is 2.89. The van der Waals surface area contributed by atoms with E-state index >= 15 is 0 Å². The van der Waals surface area contributed by atoms with Gasteiger partial charge < -0.3 is 14.0 Å². The van der Waals surface area contributed by atoms with E-state index in [0.29, 0.717) is 5.75 Å². The highest BCUT2D eigenvalue weighted by Crippen LogP contribution is 2.31. The molecule has 1 aromatic carbocycles. The van der Waals surface area contributed by atoms with E-state index in [1.54, 1.807) is 13.3 Å². The first-order valence-electron chi connectivity index (χ1n) is 5.40. The Morgan fingerprint density at radius 2 is 1.88 bits per heavy atom. The molecule has 0 unspecified atom stereocenters. The van der Waals surface area contributed by atoms with Gasteiger partial charge in [-0.05, 0) is 31.8 Å². The highest BCUT2D eigenvalue weighted by Gasteiger charge is 2.19. The summed E-state index contributed by atoms with van der Waals surface area (Å²) in [6.45, 7) is 6.38. The van der Waals surface area contributed by atoms with Crippen LogP contribution in [0.3, 0.4) is 0 Å². The van der Waals surface area contributed by atoms with Crippen molar-refractivity contribution in [1.82, 2.24) is 0 Å². The Morgan fingerprint density at radius 1 is 1.18 bits per heavy atom. The maximum absolute atomic E-state index is 5.96. The molecule has 17 heavy (non-hydrogen) atoms. The first-order valence-corrected chi connectivity index (χ1v) is 8.81. The largest absolute Gasteiger partial charge is 0.542 e. The standard InChI is InChI=1S/C12H19NO3Si/c1-14-12-10(9-13-15-2)7-6-8-11(12)16-17(3,4)5/h6-9H,1-5H3/b13-9-. The van der Waals surface area contributed by atoms with Gasteiger partial charge >= 0.3 is 0 Å². The van der Waals surface area contributed by atoms with Crippen molar-refractivity contribution in [3.05, 3.63) is 23.8 Å². The average Bonchev–Trinajstić information content (AvgIpc) is 2.24. The van der Waals surface area contributed by atoms with Crippen molar-refractivity contribution in [2.45, 2.75) is 19.6 Å². The van der Waals surface area contributed by atoms with E-state index < -0.39 is 8.32 Å². The summed E-state index contributed by atoms with van der Waals surface area (Å²) in [6, 6.07) is 5.72. The number of benzene rings is 1. The highest BCUT2D eigenvalue weighted by atomic mass is 28.4. The van der Waals surface area contributed by atoms with Crippen LogP contribution in [-0.4, -0.2) is 28.8 Å². The molecule has 0 aliphatic carbocycles. The molecule has 0 amide bonds. The van der Waals surface area contributed by atoms with Gasteiger partial charge in [-0.25, -0.2) is 0 Å². The van der Waals surface area contributed by atoms with Gasteiger partial charge in [0.25, 0.3) is 0 Å². The molecule has 4 nitrogen and oxygen atoms in total. The number of ether oxygens (including phenoxy) is 1. The summed E-state index contributed by atoms with van der Waals surface area (Å²) in [6.07, 6.45) is 1.61. The normalized spacial score (nSPS) is 11.6. The van der Waals surface area contributed by atoms with Gasteiger partial charge in [0.2, 0.25) is 8.32 Å². The van der Waals surface area contributed by atoms with Crippen LogP contribution in [0.5, 0.6) is 11.5 Å². The number of hydrogen-bond acceptors (Lipinski definition) is 4. The van der Waals surface area contributed by atoms with Gasteiger partial charge in [-0.3, -0.25) is 0 Å². The molecule has 5 heteroatoms. The second-order valence-electron chi connectivity index (χ2n) is 4.51. The Morgan fingerprint density at radius 3 is 2.41 bits per heavy atom. The van der Waals surface area contributed by atoms with Crippen molar-refractivity contribution in [3.8, 4) is 11.5 Å². The van der Waals surface area contributed by atoms with Gasteiger partial charge in [0.1, 0.15) is 12.9 Å². The maximum Gasteiger partial charge on any atom is 0.242 e. The lowest BCUT2D eigenvalue weighted by molar-refractivity contribution is 0.215. The van der Waals surface area contributed by atoms with E-state index in [2.05, 4.69) is 29.6 Å². The topological polar surface area (TPSA) is 40.0 Å². The lowest BCUT2D eigenvalue weighted by Gasteiger charge is -2.21. The zero-order valence-corrected chi connectivity index (χ0v) is 12.0. The van der Waals surface area contributed by atoms with E-state index in [0.717, 1.165) is 11.3 Å². The first-order chi connectivity index (χ1) is 7.98. The molecule has 1 rings (SSSR count). The monoisotopic (exact) mass is 253 g/mol. The second-order valence-corrected chi connectivity index (χ2v) is 8.94. The van der Waals surface area contributed by atoms with E-state index in [-0.39, 0.29) is 0 Å². The van der Waals surface area contributed by atoms with Crippen LogP contribution in [0.15, 0.2) is 23.4 Å². The Kier molecular flexibility index (Phi) is 4.57. The molecule has 0 atom stereocenters. The molecule has 0 heterocycles. The van der Waals surface area contributed by atoms with Crippen molar-refractivity contribution >= 4 is 14.5 Å². The van der Waals surface area contributed by atoms with Crippen LogP contribution in [0, 0.1) is 0 Å². The fourth-order valence-electron chi connectivity index (χ4n) is 1.37. The third-order valence-corrected chi connectivity index (χ3v) is 2.76. The van der Waals surface area contributed by atoms with Crippen molar-refractivity contribution < 1.29 is 14.0 Å². The summed E-state index contributed by atoms with van der Waals surface area (Å²) in [5.41, 5.74) is 0.838. The molecule has 0 aromatic heterocycles. The molecule has 0 saturated carbocycles. The minimum Gasteiger partial charge on any atom is -0.542 e. The zero-order valence-electron chi connectivity index (χ0n) is 11.0.